The first kappa shape index (κ1) is 30.9. The van der Waals surface area contributed by atoms with E-state index < -0.39 is 10.4 Å². The zero-order chi connectivity index (χ0) is 23.2. The average molecular weight is 463 g/mol. The van der Waals surface area contributed by atoms with E-state index in [1.807, 2.05) is 0 Å². The van der Waals surface area contributed by atoms with Gasteiger partial charge in [-0.15, -0.1) is 0 Å². The Labute approximate surface area is 195 Å². The molecular formula is C26H54O4S. The van der Waals surface area contributed by atoms with Crippen LogP contribution in [0.3, 0.4) is 0 Å². The highest BCUT2D eigenvalue weighted by Crippen LogP contribution is 2.16. The van der Waals surface area contributed by atoms with Gasteiger partial charge in [0, 0.05) is 0 Å². The van der Waals surface area contributed by atoms with Gasteiger partial charge in [-0.05, 0) is 24.7 Å². The van der Waals surface area contributed by atoms with Crippen LogP contribution in [0.1, 0.15) is 143 Å². The number of rotatable bonds is 24. The topological polar surface area (TPSA) is 52.6 Å². The van der Waals surface area contributed by atoms with E-state index in [1.54, 1.807) is 0 Å². The van der Waals surface area contributed by atoms with E-state index in [1.165, 1.54) is 89.9 Å². The first-order chi connectivity index (χ1) is 14.9. The molecule has 188 valence electrons. The summed E-state index contributed by atoms with van der Waals surface area (Å²) in [7, 11) is -3.87. The Hall–Kier alpha value is -0.130. The van der Waals surface area contributed by atoms with Crippen LogP contribution in [-0.2, 0) is 18.8 Å². The fourth-order valence-electron chi connectivity index (χ4n) is 3.85. The summed E-state index contributed by atoms with van der Waals surface area (Å²) in [5, 5.41) is 0. The van der Waals surface area contributed by atoms with Crippen molar-refractivity contribution in [2.45, 2.75) is 143 Å². The Balaban J connectivity index is 3.65. The molecule has 0 aliphatic carbocycles. The summed E-state index contributed by atoms with van der Waals surface area (Å²) in [4.78, 5) is 0. The number of hydrogen-bond acceptors (Lipinski definition) is 4. The summed E-state index contributed by atoms with van der Waals surface area (Å²) in [6.07, 6.45) is 22.7. The molecule has 5 heteroatoms. The Kier molecular flexibility index (Phi) is 21.6. The van der Waals surface area contributed by atoms with E-state index in [9.17, 15) is 8.42 Å². The highest BCUT2D eigenvalue weighted by Gasteiger charge is 2.16. The molecule has 0 saturated carbocycles. The Morgan fingerprint density at radius 1 is 0.516 bits per heavy atom. The first-order valence-corrected chi connectivity index (χ1v) is 14.8. The molecule has 0 aromatic carbocycles. The Morgan fingerprint density at radius 2 is 0.806 bits per heavy atom. The number of hydrogen-bond donors (Lipinski definition) is 0. The van der Waals surface area contributed by atoms with Crippen molar-refractivity contribution in [1.29, 1.82) is 0 Å². The summed E-state index contributed by atoms with van der Waals surface area (Å²) < 4.78 is 34.2. The molecular weight excluding hydrogens is 408 g/mol. The van der Waals surface area contributed by atoms with Crippen molar-refractivity contribution in [3.63, 3.8) is 0 Å². The van der Waals surface area contributed by atoms with Crippen molar-refractivity contribution in [2.24, 2.45) is 11.8 Å². The highest BCUT2D eigenvalue weighted by atomic mass is 32.3. The standard InChI is InChI=1S/C26H54O4S/c1-5-7-9-11-13-15-17-19-21-25(3)23-29-31(27,28)30-24-26(4)22-20-18-16-14-12-10-8-6-2/h25-26H,5-24H2,1-4H3. The van der Waals surface area contributed by atoms with Gasteiger partial charge in [-0.2, -0.15) is 8.42 Å². The molecule has 4 nitrogen and oxygen atoms in total. The summed E-state index contributed by atoms with van der Waals surface area (Å²) in [5.41, 5.74) is 0. The zero-order valence-electron chi connectivity index (χ0n) is 21.3. The third-order valence-corrected chi connectivity index (χ3v) is 6.94. The maximum absolute atomic E-state index is 12.0. The van der Waals surface area contributed by atoms with E-state index in [4.69, 9.17) is 8.37 Å². The van der Waals surface area contributed by atoms with Crippen LogP contribution in [0.4, 0.5) is 0 Å². The van der Waals surface area contributed by atoms with Crippen molar-refractivity contribution >= 4 is 10.4 Å². The maximum atomic E-state index is 12.0. The lowest BCUT2D eigenvalue weighted by Gasteiger charge is -2.14. The smallest absolute Gasteiger partial charge is 0.248 e. The minimum atomic E-state index is -3.87. The van der Waals surface area contributed by atoms with E-state index >= 15 is 0 Å². The molecule has 0 N–H and O–H groups in total. The fraction of sp³-hybridized carbons (Fsp3) is 1.00. The van der Waals surface area contributed by atoms with Gasteiger partial charge in [-0.3, -0.25) is 0 Å². The molecule has 0 bridgehead atoms. The van der Waals surface area contributed by atoms with E-state index in [0.717, 1.165) is 25.7 Å². The predicted molar refractivity (Wildman–Crippen MR) is 134 cm³/mol. The van der Waals surface area contributed by atoms with Gasteiger partial charge in [-0.1, -0.05) is 130 Å². The molecule has 0 radical (unpaired) electrons. The van der Waals surface area contributed by atoms with Crippen molar-refractivity contribution in [3.05, 3.63) is 0 Å². The molecule has 0 aliphatic rings. The zero-order valence-corrected chi connectivity index (χ0v) is 22.2. The van der Waals surface area contributed by atoms with Crippen LogP contribution in [0.15, 0.2) is 0 Å². The first-order valence-electron chi connectivity index (χ1n) is 13.4. The van der Waals surface area contributed by atoms with E-state index in [-0.39, 0.29) is 25.0 Å². The van der Waals surface area contributed by atoms with Crippen LogP contribution in [0.2, 0.25) is 0 Å². The van der Waals surface area contributed by atoms with E-state index in [0.29, 0.717) is 0 Å². The molecule has 0 heterocycles. The fourth-order valence-corrected chi connectivity index (χ4v) is 4.72. The second-order valence-corrected chi connectivity index (χ2v) is 11.0. The lowest BCUT2D eigenvalue weighted by molar-refractivity contribution is 0.170. The van der Waals surface area contributed by atoms with Crippen LogP contribution < -0.4 is 0 Å². The normalized spacial score (nSPS) is 14.1. The van der Waals surface area contributed by atoms with Gasteiger partial charge in [0.05, 0.1) is 13.2 Å². The summed E-state index contributed by atoms with van der Waals surface area (Å²) in [6.45, 7) is 9.06. The Bertz CT molecular complexity index is 428. The van der Waals surface area contributed by atoms with Crippen LogP contribution in [0, 0.1) is 11.8 Å². The van der Waals surface area contributed by atoms with Gasteiger partial charge >= 0.3 is 10.4 Å². The lowest BCUT2D eigenvalue weighted by atomic mass is 10.0. The summed E-state index contributed by atoms with van der Waals surface area (Å²) >= 11 is 0. The van der Waals surface area contributed by atoms with Crippen LogP contribution in [-0.4, -0.2) is 21.6 Å². The lowest BCUT2D eigenvalue weighted by Crippen LogP contribution is -2.18. The molecule has 0 rings (SSSR count). The van der Waals surface area contributed by atoms with Crippen molar-refractivity contribution in [3.8, 4) is 0 Å². The van der Waals surface area contributed by atoms with Gasteiger partial charge in [0.2, 0.25) is 0 Å². The molecule has 0 aromatic rings. The second-order valence-electron chi connectivity index (χ2n) is 9.71. The van der Waals surface area contributed by atoms with E-state index in [2.05, 4.69) is 27.7 Å². The molecule has 31 heavy (non-hydrogen) atoms. The third kappa shape index (κ3) is 22.8. The molecule has 0 spiro atoms. The molecule has 0 aromatic heterocycles. The van der Waals surface area contributed by atoms with Crippen LogP contribution in [0.5, 0.6) is 0 Å². The predicted octanol–water partition coefficient (Wildman–Crippen LogP) is 8.60. The SMILES string of the molecule is CCCCCCCCCCC(C)COS(=O)(=O)OCC(C)CCCCCCCCCC. The quantitative estimate of drug-likeness (QED) is 0.135. The maximum Gasteiger partial charge on any atom is 0.399 e. The molecule has 0 fully saturated rings. The minimum absolute atomic E-state index is 0.227. The molecule has 0 amide bonds. The molecule has 0 saturated heterocycles. The molecule has 2 unspecified atom stereocenters. The van der Waals surface area contributed by atoms with Gasteiger partial charge in [-0.25, -0.2) is 8.37 Å². The highest BCUT2D eigenvalue weighted by molar-refractivity contribution is 7.81. The third-order valence-electron chi connectivity index (χ3n) is 6.09. The second kappa shape index (κ2) is 21.7. The van der Waals surface area contributed by atoms with Crippen molar-refractivity contribution < 1.29 is 16.8 Å². The van der Waals surface area contributed by atoms with Crippen LogP contribution >= 0.6 is 0 Å². The minimum Gasteiger partial charge on any atom is -0.248 e. The van der Waals surface area contributed by atoms with Crippen molar-refractivity contribution in [1.82, 2.24) is 0 Å². The molecule has 2 atom stereocenters. The molecule has 0 aliphatic heterocycles. The van der Waals surface area contributed by atoms with Gasteiger partial charge in [0.25, 0.3) is 0 Å². The van der Waals surface area contributed by atoms with Gasteiger partial charge in [0.1, 0.15) is 0 Å². The van der Waals surface area contributed by atoms with Gasteiger partial charge < -0.3 is 0 Å². The van der Waals surface area contributed by atoms with Crippen molar-refractivity contribution in [2.75, 3.05) is 13.2 Å². The Morgan fingerprint density at radius 3 is 1.13 bits per heavy atom. The van der Waals surface area contributed by atoms with Crippen LogP contribution in [0.25, 0.3) is 0 Å². The summed E-state index contributed by atoms with van der Waals surface area (Å²) in [5.74, 6) is 0.487. The monoisotopic (exact) mass is 462 g/mol. The van der Waals surface area contributed by atoms with Gasteiger partial charge in [0.15, 0.2) is 0 Å². The number of unbranched alkanes of at least 4 members (excludes halogenated alkanes) is 14. The largest absolute Gasteiger partial charge is 0.399 e. The average Bonchev–Trinajstić information content (AvgIpc) is 2.75. The summed E-state index contributed by atoms with van der Waals surface area (Å²) in [6, 6.07) is 0.